The van der Waals surface area contributed by atoms with E-state index in [-0.39, 0.29) is 5.78 Å². The Labute approximate surface area is 256 Å². The molecule has 244 valence electrons. The molecule has 41 heavy (non-hydrogen) atoms. The number of carbonyl (C=O) groups is 1. The summed E-state index contributed by atoms with van der Waals surface area (Å²) in [5.74, 6) is -0.156. The first-order valence-corrected chi connectivity index (χ1v) is 18.3. The second kappa shape index (κ2) is 32.2. The Kier molecular flexibility index (Phi) is 31.7. The van der Waals surface area contributed by atoms with E-state index in [0.717, 1.165) is 25.7 Å². The highest BCUT2D eigenvalue weighted by atomic mass is 16.3. The summed E-state index contributed by atoms with van der Waals surface area (Å²) in [7, 11) is 1.70. The molecule has 0 aliphatic carbocycles. The summed E-state index contributed by atoms with van der Waals surface area (Å²) in [6.45, 7) is 4.54. The molecule has 0 saturated heterocycles. The Morgan fingerprint density at radius 3 is 1.27 bits per heavy atom. The van der Waals surface area contributed by atoms with E-state index in [9.17, 15) is 15.0 Å². The summed E-state index contributed by atoms with van der Waals surface area (Å²) in [6, 6.07) is -0.646. The van der Waals surface area contributed by atoms with E-state index < -0.39 is 18.2 Å². The molecule has 0 aliphatic heterocycles. The van der Waals surface area contributed by atoms with E-state index in [4.69, 9.17) is 0 Å². The quantitative estimate of drug-likeness (QED) is 0.0534. The van der Waals surface area contributed by atoms with Gasteiger partial charge in [-0.2, -0.15) is 0 Å². The number of likely N-dealkylation sites (N-methyl/N-ethyl adjacent to an activating group) is 1. The summed E-state index contributed by atoms with van der Waals surface area (Å²) in [5, 5.41) is 24.1. The van der Waals surface area contributed by atoms with Gasteiger partial charge in [0.2, 0.25) is 0 Å². The van der Waals surface area contributed by atoms with Crippen molar-refractivity contribution in [1.82, 2.24) is 5.32 Å². The van der Waals surface area contributed by atoms with Crippen LogP contribution in [0.2, 0.25) is 0 Å². The number of unbranched alkanes of at least 4 members (excludes halogenated alkanes) is 25. The van der Waals surface area contributed by atoms with Gasteiger partial charge in [-0.15, -0.1) is 0 Å². The van der Waals surface area contributed by atoms with Gasteiger partial charge in [-0.25, -0.2) is 0 Å². The highest BCUT2D eigenvalue weighted by Gasteiger charge is 2.28. The van der Waals surface area contributed by atoms with E-state index in [0.29, 0.717) is 6.42 Å². The molecule has 0 aromatic heterocycles. The van der Waals surface area contributed by atoms with Crippen molar-refractivity contribution in [1.29, 1.82) is 0 Å². The van der Waals surface area contributed by atoms with E-state index in [1.165, 1.54) is 148 Å². The fourth-order valence-electron chi connectivity index (χ4n) is 5.82. The van der Waals surface area contributed by atoms with Crippen LogP contribution < -0.4 is 5.32 Å². The molecule has 0 spiro atoms. The molecule has 3 atom stereocenters. The zero-order valence-corrected chi connectivity index (χ0v) is 28.0. The van der Waals surface area contributed by atoms with Gasteiger partial charge < -0.3 is 15.5 Å². The lowest BCUT2D eigenvalue weighted by molar-refractivity contribution is -0.130. The van der Waals surface area contributed by atoms with Gasteiger partial charge in [-0.3, -0.25) is 4.79 Å². The minimum atomic E-state index is -1.16. The predicted octanol–water partition coefficient (Wildman–Crippen LogP) is 10.4. The number of aliphatic hydroxyl groups excluding tert-OH is 2. The average molecular weight is 580 g/mol. The highest BCUT2D eigenvalue weighted by molar-refractivity contribution is 5.83. The molecule has 0 bridgehead atoms. The van der Waals surface area contributed by atoms with Gasteiger partial charge in [0, 0.05) is 6.42 Å². The Bertz CT molecular complexity index is 564. The number of hydrogen-bond acceptors (Lipinski definition) is 4. The maximum atomic E-state index is 12.5. The average Bonchev–Trinajstić information content (AvgIpc) is 2.97. The first-order chi connectivity index (χ1) is 20.1. The molecule has 0 fully saturated rings. The highest BCUT2D eigenvalue weighted by Crippen LogP contribution is 2.15. The Morgan fingerprint density at radius 2 is 0.902 bits per heavy atom. The van der Waals surface area contributed by atoms with Crippen LogP contribution in [0.5, 0.6) is 0 Å². The lowest BCUT2D eigenvalue weighted by Crippen LogP contribution is -2.49. The van der Waals surface area contributed by atoms with Crippen LogP contribution in [0.4, 0.5) is 0 Å². The minimum absolute atomic E-state index is 0.156. The van der Waals surface area contributed by atoms with Gasteiger partial charge in [-0.05, 0) is 26.3 Å². The second-order valence-corrected chi connectivity index (χ2v) is 12.7. The van der Waals surface area contributed by atoms with Gasteiger partial charge in [0.25, 0.3) is 0 Å². The SMILES string of the molecule is CCCCCCCCCCCCCC=CC(O)C(NC)C(O)C(=O)CCCCCCCCCCCCCCCCC. The van der Waals surface area contributed by atoms with Crippen molar-refractivity contribution in [2.45, 2.75) is 212 Å². The fraction of sp³-hybridized carbons (Fsp3) is 0.919. The number of nitrogens with one attached hydrogen (secondary N) is 1. The van der Waals surface area contributed by atoms with E-state index in [1.54, 1.807) is 13.1 Å². The minimum Gasteiger partial charge on any atom is -0.387 e. The molecule has 3 unspecified atom stereocenters. The van der Waals surface area contributed by atoms with Crippen molar-refractivity contribution in [2.75, 3.05) is 7.05 Å². The molecule has 0 rings (SSSR count). The van der Waals surface area contributed by atoms with Crippen LogP contribution in [0.1, 0.15) is 194 Å². The first kappa shape index (κ1) is 40.3. The summed E-state index contributed by atoms with van der Waals surface area (Å²) in [5.41, 5.74) is 0. The Hall–Kier alpha value is -0.710. The number of hydrogen-bond donors (Lipinski definition) is 3. The van der Waals surface area contributed by atoms with Gasteiger partial charge in [-0.1, -0.05) is 180 Å². The molecule has 0 heterocycles. The van der Waals surface area contributed by atoms with Gasteiger partial charge in [0.15, 0.2) is 5.78 Å². The molecule has 3 N–H and O–H groups in total. The summed E-state index contributed by atoms with van der Waals surface area (Å²) < 4.78 is 0. The van der Waals surface area contributed by atoms with Crippen LogP contribution in [0.25, 0.3) is 0 Å². The molecule has 0 aromatic carbocycles. The van der Waals surface area contributed by atoms with Crippen molar-refractivity contribution in [2.24, 2.45) is 0 Å². The van der Waals surface area contributed by atoms with Crippen LogP contribution in [0.3, 0.4) is 0 Å². The molecule has 0 aromatic rings. The van der Waals surface area contributed by atoms with Crippen LogP contribution in [0.15, 0.2) is 12.2 Å². The maximum Gasteiger partial charge on any atom is 0.162 e. The zero-order valence-electron chi connectivity index (χ0n) is 28.0. The molecule has 0 aliphatic rings. The van der Waals surface area contributed by atoms with Crippen LogP contribution in [-0.4, -0.2) is 41.3 Å². The van der Waals surface area contributed by atoms with Crippen molar-refractivity contribution in [3.8, 4) is 0 Å². The molecule has 4 nitrogen and oxygen atoms in total. The number of aliphatic hydroxyl groups is 2. The summed E-state index contributed by atoms with van der Waals surface area (Å²) >= 11 is 0. The standard InChI is InChI=1S/C37H73NO3/c1-4-6-8-10-12-14-16-18-19-21-23-25-27-29-31-33-35(40)37(41)36(38-3)34(39)32-30-28-26-24-22-20-17-15-13-11-9-7-5-2/h30,32,34,36-39,41H,4-29,31,33H2,1-3H3. The molecule has 0 saturated carbocycles. The lowest BCUT2D eigenvalue weighted by Gasteiger charge is -2.24. The largest absolute Gasteiger partial charge is 0.387 e. The van der Waals surface area contributed by atoms with Gasteiger partial charge >= 0.3 is 0 Å². The van der Waals surface area contributed by atoms with Crippen LogP contribution in [0, 0.1) is 0 Å². The number of rotatable bonds is 33. The number of allylic oxidation sites excluding steroid dienone is 1. The van der Waals surface area contributed by atoms with Crippen molar-refractivity contribution >= 4 is 5.78 Å². The summed E-state index contributed by atoms with van der Waals surface area (Å²) in [4.78, 5) is 12.5. The first-order valence-electron chi connectivity index (χ1n) is 18.3. The van der Waals surface area contributed by atoms with E-state index in [1.807, 2.05) is 6.08 Å². The molecular weight excluding hydrogens is 506 g/mol. The number of carbonyl (C=O) groups excluding carboxylic acids is 1. The zero-order chi connectivity index (χ0) is 30.2. The predicted molar refractivity (Wildman–Crippen MR) is 180 cm³/mol. The monoisotopic (exact) mass is 580 g/mol. The number of ketones is 1. The molecule has 0 amide bonds. The van der Waals surface area contributed by atoms with Crippen LogP contribution in [-0.2, 0) is 4.79 Å². The topological polar surface area (TPSA) is 69.6 Å². The Morgan fingerprint density at radius 1 is 0.561 bits per heavy atom. The van der Waals surface area contributed by atoms with Crippen molar-refractivity contribution in [3.05, 3.63) is 12.2 Å². The molecule has 0 radical (unpaired) electrons. The Balaban J connectivity index is 3.75. The van der Waals surface area contributed by atoms with Crippen molar-refractivity contribution < 1.29 is 15.0 Å². The van der Waals surface area contributed by atoms with E-state index in [2.05, 4.69) is 19.2 Å². The van der Waals surface area contributed by atoms with Gasteiger partial charge in [0.1, 0.15) is 6.10 Å². The maximum absolute atomic E-state index is 12.5. The normalized spacial score (nSPS) is 14.1. The fourth-order valence-corrected chi connectivity index (χ4v) is 5.82. The molecular formula is C37H73NO3. The lowest BCUT2D eigenvalue weighted by atomic mass is 9.96. The van der Waals surface area contributed by atoms with E-state index >= 15 is 0 Å². The number of Topliss-reactive ketones (excluding diaryl/α,β-unsaturated/α-hetero) is 1. The summed E-state index contributed by atoms with van der Waals surface area (Å²) in [6.07, 6.45) is 37.1. The van der Waals surface area contributed by atoms with Gasteiger partial charge in [0.05, 0.1) is 12.1 Å². The second-order valence-electron chi connectivity index (χ2n) is 12.7. The van der Waals surface area contributed by atoms with Crippen molar-refractivity contribution in [3.63, 3.8) is 0 Å². The van der Waals surface area contributed by atoms with Crippen LogP contribution >= 0.6 is 0 Å². The third-order valence-corrected chi connectivity index (χ3v) is 8.71. The smallest absolute Gasteiger partial charge is 0.162 e. The third kappa shape index (κ3) is 26.6. The molecule has 4 heteroatoms. The third-order valence-electron chi connectivity index (χ3n) is 8.71.